The van der Waals surface area contributed by atoms with Gasteiger partial charge in [0.15, 0.2) is 5.17 Å². The molecule has 0 unspecified atom stereocenters. The van der Waals surface area contributed by atoms with Crippen LogP contribution in [0.3, 0.4) is 0 Å². The van der Waals surface area contributed by atoms with E-state index in [0.29, 0.717) is 0 Å². The maximum Gasteiger partial charge on any atom is 0.416 e. The summed E-state index contributed by atoms with van der Waals surface area (Å²) in [5.74, 6) is -1.79. The molecule has 0 bridgehead atoms. The normalized spacial score (nSPS) is 16.2. The van der Waals surface area contributed by atoms with E-state index < -0.39 is 34.2 Å². The minimum atomic E-state index is -4.60. The average molecular weight is 494 g/mol. The van der Waals surface area contributed by atoms with Gasteiger partial charge in [0.2, 0.25) is 5.75 Å². The van der Waals surface area contributed by atoms with Crippen LogP contribution >= 0.6 is 11.8 Å². The van der Waals surface area contributed by atoms with Crippen LogP contribution in [0.2, 0.25) is 0 Å². The predicted molar refractivity (Wildman–Crippen MR) is 115 cm³/mol. The standard InChI is InChI=1S/C20H13F3N4O6S/c1-32-17(28)9-16-18(29)25-19(34-16)26-24-10-11-5-6-15(14(7-11)27(30)31)33-13-4-2-3-12(8-13)20(21,22)23/h2-10H,1H3,(H,25,26,29)/b16-9+,24-10?. The van der Waals surface area contributed by atoms with Crippen LogP contribution < -0.4 is 10.1 Å². The molecule has 10 nitrogen and oxygen atoms in total. The van der Waals surface area contributed by atoms with Crippen molar-refractivity contribution < 1.29 is 37.2 Å². The van der Waals surface area contributed by atoms with Crippen LogP contribution in [0.1, 0.15) is 11.1 Å². The Labute approximate surface area is 193 Å². The van der Waals surface area contributed by atoms with Gasteiger partial charge in [0.05, 0.1) is 28.7 Å². The Morgan fingerprint density at radius 2 is 2.00 bits per heavy atom. The van der Waals surface area contributed by atoms with Crippen LogP contribution in [0.15, 0.2) is 63.6 Å². The number of methoxy groups -OCH3 is 1. The molecule has 3 rings (SSSR count). The van der Waals surface area contributed by atoms with E-state index in [1.165, 1.54) is 18.2 Å². The van der Waals surface area contributed by atoms with Crippen molar-refractivity contribution in [1.82, 2.24) is 5.32 Å². The number of thioether (sulfide) groups is 1. The highest BCUT2D eigenvalue weighted by molar-refractivity contribution is 8.18. The number of halogens is 3. The van der Waals surface area contributed by atoms with Gasteiger partial charge in [-0.3, -0.25) is 20.2 Å². The SMILES string of the molecule is COC(=O)/C=C1/S/C(=N\N=Cc2ccc(Oc3cccc(C(F)(F)F)c3)c([N+](=O)[O-])c2)NC1=O. The van der Waals surface area contributed by atoms with Crippen molar-refractivity contribution in [3.63, 3.8) is 0 Å². The van der Waals surface area contributed by atoms with E-state index >= 15 is 0 Å². The van der Waals surface area contributed by atoms with Crippen molar-refractivity contribution in [2.24, 2.45) is 10.2 Å². The summed E-state index contributed by atoms with van der Waals surface area (Å²) in [4.78, 5) is 33.7. The molecule has 0 saturated carbocycles. The quantitative estimate of drug-likeness (QED) is 0.211. The molecular formula is C20H13F3N4O6S. The van der Waals surface area contributed by atoms with Gasteiger partial charge in [-0.2, -0.15) is 18.3 Å². The molecule has 1 aliphatic rings. The van der Waals surface area contributed by atoms with Gasteiger partial charge in [-0.05, 0) is 42.1 Å². The van der Waals surface area contributed by atoms with E-state index in [2.05, 4.69) is 20.3 Å². The molecule has 0 spiro atoms. The number of alkyl halides is 3. The van der Waals surface area contributed by atoms with Crippen molar-refractivity contribution >= 4 is 40.7 Å². The number of nitro benzene ring substituents is 1. The van der Waals surface area contributed by atoms with Crippen molar-refractivity contribution in [2.75, 3.05) is 7.11 Å². The summed E-state index contributed by atoms with van der Waals surface area (Å²) in [5, 5.41) is 21.4. The lowest BCUT2D eigenvalue weighted by molar-refractivity contribution is -0.385. The van der Waals surface area contributed by atoms with E-state index in [9.17, 15) is 32.9 Å². The molecule has 0 atom stereocenters. The average Bonchev–Trinajstić information content (AvgIpc) is 3.12. The summed E-state index contributed by atoms with van der Waals surface area (Å²) in [7, 11) is 1.16. The number of carbonyl (C=O) groups excluding carboxylic acids is 2. The number of rotatable bonds is 6. The van der Waals surface area contributed by atoms with Crippen LogP contribution in [0.25, 0.3) is 0 Å². The monoisotopic (exact) mass is 494 g/mol. The van der Waals surface area contributed by atoms with Crippen molar-refractivity contribution in [1.29, 1.82) is 0 Å². The van der Waals surface area contributed by atoms with Gasteiger partial charge in [-0.1, -0.05) is 6.07 Å². The molecule has 0 aliphatic carbocycles. The third kappa shape index (κ3) is 6.19. The number of esters is 1. The Bertz CT molecular complexity index is 1240. The molecular weight excluding hydrogens is 481 g/mol. The minimum Gasteiger partial charge on any atom is -0.466 e. The predicted octanol–water partition coefficient (Wildman–Crippen LogP) is 4.02. The zero-order chi connectivity index (χ0) is 24.9. The number of benzene rings is 2. The second-order valence-electron chi connectivity index (χ2n) is 6.35. The first-order valence-electron chi connectivity index (χ1n) is 9.10. The molecule has 1 amide bonds. The number of nitrogens with one attached hydrogen (secondary N) is 1. The molecule has 2 aromatic rings. The third-order valence-electron chi connectivity index (χ3n) is 4.03. The summed E-state index contributed by atoms with van der Waals surface area (Å²) in [6.07, 6.45) is -2.46. The highest BCUT2D eigenvalue weighted by Gasteiger charge is 2.31. The van der Waals surface area contributed by atoms with Gasteiger partial charge in [0.25, 0.3) is 5.91 Å². The molecule has 34 heavy (non-hydrogen) atoms. The van der Waals surface area contributed by atoms with Gasteiger partial charge in [-0.15, -0.1) is 5.10 Å². The Morgan fingerprint density at radius 1 is 1.24 bits per heavy atom. The first kappa shape index (κ1) is 24.4. The number of carbonyl (C=O) groups is 2. The fraction of sp³-hybridized carbons (Fsp3) is 0.100. The second kappa shape index (κ2) is 10.2. The number of hydrogen-bond donors (Lipinski definition) is 1. The Morgan fingerprint density at radius 3 is 2.68 bits per heavy atom. The third-order valence-corrected chi connectivity index (χ3v) is 4.93. The van der Waals surface area contributed by atoms with Crippen LogP contribution in [0.4, 0.5) is 18.9 Å². The maximum atomic E-state index is 12.9. The molecule has 1 aliphatic heterocycles. The molecule has 2 aromatic carbocycles. The molecule has 14 heteroatoms. The lowest BCUT2D eigenvalue weighted by Gasteiger charge is -2.10. The second-order valence-corrected chi connectivity index (χ2v) is 7.38. The number of nitro groups is 1. The molecule has 1 N–H and O–H groups in total. The first-order valence-corrected chi connectivity index (χ1v) is 9.92. The largest absolute Gasteiger partial charge is 0.466 e. The number of amides is 1. The summed E-state index contributed by atoms with van der Waals surface area (Å²) in [5.41, 5.74) is -1.25. The zero-order valence-electron chi connectivity index (χ0n) is 17.0. The highest BCUT2D eigenvalue weighted by atomic mass is 32.2. The molecule has 1 fully saturated rings. The fourth-order valence-corrected chi connectivity index (χ4v) is 3.23. The summed E-state index contributed by atoms with van der Waals surface area (Å²) < 4.78 is 48.4. The van der Waals surface area contributed by atoms with E-state index in [1.54, 1.807) is 0 Å². The van der Waals surface area contributed by atoms with Crippen LogP contribution in [0, 0.1) is 10.1 Å². The first-order chi connectivity index (χ1) is 16.1. The smallest absolute Gasteiger partial charge is 0.416 e. The van der Waals surface area contributed by atoms with Gasteiger partial charge >= 0.3 is 17.8 Å². The van der Waals surface area contributed by atoms with E-state index in [4.69, 9.17) is 4.74 Å². The van der Waals surface area contributed by atoms with E-state index in [-0.39, 0.29) is 27.1 Å². The van der Waals surface area contributed by atoms with Crippen molar-refractivity contribution in [3.8, 4) is 11.5 Å². The van der Waals surface area contributed by atoms with E-state index in [0.717, 1.165) is 55.4 Å². The molecule has 0 radical (unpaired) electrons. The number of hydrogen-bond acceptors (Lipinski definition) is 9. The molecule has 0 aromatic heterocycles. The van der Waals surface area contributed by atoms with Gasteiger partial charge < -0.3 is 9.47 Å². The fourth-order valence-electron chi connectivity index (χ4n) is 2.50. The lowest BCUT2D eigenvalue weighted by Crippen LogP contribution is -2.19. The van der Waals surface area contributed by atoms with Gasteiger partial charge in [-0.25, -0.2) is 4.79 Å². The Balaban J connectivity index is 1.77. The van der Waals surface area contributed by atoms with Crippen molar-refractivity contribution in [2.45, 2.75) is 6.18 Å². The van der Waals surface area contributed by atoms with Crippen LogP contribution in [-0.4, -0.2) is 35.3 Å². The Hall–Kier alpha value is -4.20. The zero-order valence-corrected chi connectivity index (χ0v) is 17.8. The number of amidine groups is 1. The summed E-state index contributed by atoms with van der Waals surface area (Å²) in [6, 6.07) is 7.61. The molecule has 1 heterocycles. The van der Waals surface area contributed by atoms with Crippen LogP contribution in [-0.2, 0) is 20.5 Å². The number of nitrogens with zero attached hydrogens (tertiary/aromatic N) is 3. The van der Waals surface area contributed by atoms with E-state index in [1.807, 2.05) is 0 Å². The van der Waals surface area contributed by atoms with Gasteiger partial charge in [0, 0.05) is 17.7 Å². The van der Waals surface area contributed by atoms with Crippen LogP contribution in [0.5, 0.6) is 11.5 Å². The number of ether oxygens (including phenoxy) is 2. The minimum absolute atomic E-state index is 0.0486. The highest BCUT2D eigenvalue weighted by Crippen LogP contribution is 2.35. The summed E-state index contributed by atoms with van der Waals surface area (Å²) in [6.45, 7) is 0. The summed E-state index contributed by atoms with van der Waals surface area (Å²) >= 11 is 0.840. The Kier molecular flexibility index (Phi) is 7.31. The van der Waals surface area contributed by atoms with Gasteiger partial charge in [0.1, 0.15) is 5.75 Å². The van der Waals surface area contributed by atoms with Crippen molar-refractivity contribution in [3.05, 3.63) is 74.7 Å². The maximum absolute atomic E-state index is 12.9. The molecule has 176 valence electrons. The lowest BCUT2D eigenvalue weighted by atomic mass is 10.2. The molecule has 1 saturated heterocycles. The topological polar surface area (TPSA) is 132 Å².